The summed E-state index contributed by atoms with van der Waals surface area (Å²) in [5.74, 6) is 1.65. The van der Waals surface area contributed by atoms with Crippen LogP contribution in [0.2, 0.25) is 0 Å². The maximum Gasteiger partial charge on any atom is 0.254 e. The Morgan fingerprint density at radius 1 is 0.786 bits per heavy atom. The Hall–Kier alpha value is -3.47. The van der Waals surface area contributed by atoms with E-state index in [0.717, 1.165) is 11.4 Å². The summed E-state index contributed by atoms with van der Waals surface area (Å²) >= 11 is 0. The number of benzene rings is 3. The number of carbonyl (C=O) groups excluding carboxylic acids is 1. The molecule has 0 aliphatic carbocycles. The molecule has 3 aromatic rings. The molecule has 5 nitrogen and oxygen atoms in total. The van der Waals surface area contributed by atoms with E-state index in [4.69, 9.17) is 4.74 Å². The maximum absolute atomic E-state index is 12.9. The molecule has 0 atom stereocenters. The molecule has 0 saturated carbocycles. The summed E-state index contributed by atoms with van der Waals surface area (Å²) in [5, 5.41) is 10.0. The molecule has 1 heterocycles. The van der Waals surface area contributed by atoms with Crippen LogP contribution in [0.1, 0.15) is 10.4 Å². The van der Waals surface area contributed by atoms with Crippen molar-refractivity contribution in [1.82, 2.24) is 4.90 Å². The van der Waals surface area contributed by atoms with E-state index >= 15 is 0 Å². The molecule has 0 bridgehead atoms. The van der Waals surface area contributed by atoms with E-state index in [-0.39, 0.29) is 11.7 Å². The first-order valence-corrected chi connectivity index (χ1v) is 9.36. The van der Waals surface area contributed by atoms with Gasteiger partial charge in [0.1, 0.15) is 17.2 Å². The number of para-hydroxylation sites is 3. The summed E-state index contributed by atoms with van der Waals surface area (Å²) in [4.78, 5) is 16.9. The van der Waals surface area contributed by atoms with Gasteiger partial charge in [0.2, 0.25) is 0 Å². The second-order valence-corrected chi connectivity index (χ2v) is 6.71. The molecule has 5 heteroatoms. The third-order valence-electron chi connectivity index (χ3n) is 4.85. The average Bonchev–Trinajstić information content (AvgIpc) is 2.75. The van der Waals surface area contributed by atoms with Gasteiger partial charge < -0.3 is 19.6 Å². The van der Waals surface area contributed by atoms with Gasteiger partial charge in [-0.05, 0) is 42.5 Å². The molecule has 0 radical (unpaired) electrons. The third-order valence-corrected chi connectivity index (χ3v) is 4.85. The number of ether oxygens (including phenoxy) is 1. The Kier molecular flexibility index (Phi) is 5.15. The number of carbonyl (C=O) groups is 1. The summed E-state index contributed by atoms with van der Waals surface area (Å²) in [6.45, 7) is 2.58. The number of phenolic OH excluding ortho intramolecular Hbond substituents is 1. The highest BCUT2D eigenvalue weighted by Gasteiger charge is 2.23. The van der Waals surface area contributed by atoms with Crippen LogP contribution < -0.4 is 9.64 Å². The molecule has 0 aromatic heterocycles. The van der Waals surface area contributed by atoms with Gasteiger partial charge in [0.25, 0.3) is 5.91 Å². The Labute approximate surface area is 164 Å². The van der Waals surface area contributed by atoms with E-state index in [0.29, 0.717) is 37.5 Å². The zero-order valence-electron chi connectivity index (χ0n) is 15.5. The van der Waals surface area contributed by atoms with Crippen LogP contribution in [0, 0.1) is 0 Å². The topological polar surface area (TPSA) is 53.0 Å². The molecule has 0 unspecified atom stereocenters. The zero-order valence-corrected chi connectivity index (χ0v) is 15.5. The van der Waals surface area contributed by atoms with Crippen LogP contribution in [0.3, 0.4) is 0 Å². The molecule has 1 aliphatic rings. The van der Waals surface area contributed by atoms with Gasteiger partial charge in [-0.2, -0.15) is 0 Å². The molecule has 1 aliphatic heterocycles. The van der Waals surface area contributed by atoms with E-state index < -0.39 is 0 Å². The van der Waals surface area contributed by atoms with Crippen LogP contribution in [0.4, 0.5) is 5.69 Å². The maximum atomic E-state index is 12.9. The average molecular weight is 374 g/mol. The standard InChI is InChI=1S/C23H22N2O3/c26-22-12-5-4-11-21(22)24-13-15-25(16-14-24)23(27)18-7-6-10-20(17-18)28-19-8-2-1-3-9-19/h1-12,17,26H,13-16H2. The van der Waals surface area contributed by atoms with Crippen molar-refractivity contribution in [1.29, 1.82) is 0 Å². The molecule has 1 amide bonds. The highest BCUT2D eigenvalue weighted by atomic mass is 16.5. The molecule has 1 saturated heterocycles. The van der Waals surface area contributed by atoms with Gasteiger partial charge in [0.05, 0.1) is 5.69 Å². The van der Waals surface area contributed by atoms with Crippen molar-refractivity contribution in [3.8, 4) is 17.2 Å². The van der Waals surface area contributed by atoms with Gasteiger partial charge in [-0.25, -0.2) is 0 Å². The van der Waals surface area contributed by atoms with Gasteiger partial charge in [-0.1, -0.05) is 36.4 Å². The molecule has 1 N–H and O–H groups in total. The van der Waals surface area contributed by atoms with E-state index in [2.05, 4.69) is 4.90 Å². The number of nitrogens with zero attached hydrogens (tertiary/aromatic N) is 2. The fourth-order valence-electron chi connectivity index (χ4n) is 3.38. The van der Waals surface area contributed by atoms with Crippen LogP contribution >= 0.6 is 0 Å². The Bertz CT molecular complexity index is 951. The highest BCUT2D eigenvalue weighted by Crippen LogP contribution is 2.28. The third kappa shape index (κ3) is 3.93. The Balaban J connectivity index is 1.41. The van der Waals surface area contributed by atoms with Crippen LogP contribution in [-0.4, -0.2) is 42.1 Å². The van der Waals surface area contributed by atoms with E-state index in [1.807, 2.05) is 71.6 Å². The number of amides is 1. The molecule has 3 aromatic carbocycles. The lowest BCUT2D eigenvalue weighted by molar-refractivity contribution is 0.0746. The van der Waals surface area contributed by atoms with Crippen molar-refractivity contribution in [3.05, 3.63) is 84.4 Å². The fourth-order valence-corrected chi connectivity index (χ4v) is 3.38. The monoisotopic (exact) mass is 374 g/mol. The quantitative estimate of drug-likeness (QED) is 0.745. The van der Waals surface area contributed by atoms with Gasteiger partial charge >= 0.3 is 0 Å². The first-order valence-electron chi connectivity index (χ1n) is 9.36. The van der Waals surface area contributed by atoms with E-state index in [1.165, 1.54) is 0 Å². The minimum atomic E-state index is -0.00422. The number of rotatable bonds is 4. The molecular weight excluding hydrogens is 352 g/mol. The van der Waals surface area contributed by atoms with Crippen LogP contribution in [0.5, 0.6) is 17.2 Å². The first-order chi connectivity index (χ1) is 13.7. The van der Waals surface area contributed by atoms with Crippen molar-refractivity contribution < 1.29 is 14.6 Å². The number of aromatic hydroxyl groups is 1. The Morgan fingerprint density at radius 2 is 1.46 bits per heavy atom. The summed E-state index contributed by atoms with van der Waals surface area (Å²) in [6, 6.07) is 24.1. The van der Waals surface area contributed by atoms with Crippen LogP contribution in [0.25, 0.3) is 0 Å². The van der Waals surface area contributed by atoms with E-state index in [1.54, 1.807) is 12.1 Å². The lowest BCUT2D eigenvalue weighted by Crippen LogP contribution is -2.48. The second kappa shape index (κ2) is 8.05. The highest BCUT2D eigenvalue weighted by molar-refractivity contribution is 5.94. The van der Waals surface area contributed by atoms with E-state index in [9.17, 15) is 9.90 Å². The normalized spacial score (nSPS) is 14.0. The van der Waals surface area contributed by atoms with Crippen molar-refractivity contribution in [2.45, 2.75) is 0 Å². The van der Waals surface area contributed by atoms with Crippen LogP contribution in [-0.2, 0) is 0 Å². The minimum absolute atomic E-state index is 0.00422. The summed E-state index contributed by atoms with van der Waals surface area (Å²) in [7, 11) is 0. The van der Waals surface area contributed by atoms with Crippen molar-refractivity contribution in [2.75, 3.05) is 31.1 Å². The predicted molar refractivity (Wildman–Crippen MR) is 109 cm³/mol. The van der Waals surface area contributed by atoms with Gasteiger partial charge in [0, 0.05) is 31.7 Å². The largest absolute Gasteiger partial charge is 0.506 e. The molecule has 1 fully saturated rings. The molecule has 4 rings (SSSR count). The lowest BCUT2D eigenvalue weighted by Gasteiger charge is -2.36. The first kappa shape index (κ1) is 17.9. The van der Waals surface area contributed by atoms with Gasteiger partial charge in [-0.15, -0.1) is 0 Å². The van der Waals surface area contributed by atoms with Gasteiger partial charge in [-0.3, -0.25) is 4.79 Å². The minimum Gasteiger partial charge on any atom is -0.506 e. The summed E-state index contributed by atoms with van der Waals surface area (Å²) in [5.41, 5.74) is 1.43. The summed E-state index contributed by atoms with van der Waals surface area (Å²) < 4.78 is 5.84. The number of phenols is 1. The second-order valence-electron chi connectivity index (χ2n) is 6.71. The molecular formula is C23H22N2O3. The smallest absolute Gasteiger partial charge is 0.254 e. The number of hydrogen-bond donors (Lipinski definition) is 1. The molecule has 0 spiro atoms. The zero-order chi connectivity index (χ0) is 19.3. The number of piperazine rings is 1. The predicted octanol–water partition coefficient (Wildman–Crippen LogP) is 4.15. The fraction of sp³-hybridized carbons (Fsp3) is 0.174. The Morgan fingerprint density at radius 3 is 2.21 bits per heavy atom. The number of hydrogen-bond acceptors (Lipinski definition) is 4. The van der Waals surface area contributed by atoms with Crippen LogP contribution in [0.15, 0.2) is 78.9 Å². The lowest BCUT2D eigenvalue weighted by atomic mass is 10.1. The van der Waals surface area contributed by atoms with Crippen molar-refractivity contribution in [2.24, 2.45) is 0 Å². The SMILES string of the molecule is O=C(c1cccc(Oc2ccccc2)c1)N1CCN(c2ccccc2O)CC1. The van der Waals surface area contributed by atoms with Crippen molar-refractivity contribution >= 4 is 11.6 Å². The summed E-state index contributed by atoms with van der Waals surface area (Å²) in [6.07, 6.45) is 0. The number of anilines is 1. The van der Waals surface area contributed by atoms with Crippen molar-refractivity contribution in [3.63, 3.8) is 0 Å². The molecule has 142 valence electrons. The van der Waals surface area contributed by atoms with Gasteiger partial charge in [0.15, 0.2) is 0 Å². The molecule has 28 heavy (non-hydrogen) atoms.